The Bertz CT molecular complexity index is 302. The summed E-state index contributed by atoms with van der Waals surface area (Å²) >= 11 is 9.26. The molecule has 2 nitrogen and oxygen atoms in total. The van der Waals surface area contributed by atoms with Crippen molar-refractivity contribution < 1.29 is 9.47 Å². The highest BCUT2D eigenvalue weighted by atomic mass is 79.9. The van der Waals surface area contributed by atoms with Gasteiger partial charge in [-0.3, -0.25) is 0 Å². The van der Waals surface area contributed by atoms with Crippen molar-refractivity contribution in [2.45, 2.75) is 6.92 Å². The maximum atomic E-state index is 5.94. The highest BCUT2D eigenvalue weighted by molar-refractivity contribution is 9.10. The van der Waals surface area contributed by atoms with E-state index in [0.717, 1.165) is 4.47 Å². The number of benzene rings is 1. The van der Waals surface area contributed by atoms with Crippen LogP contribution in [-0.4, -0.2) is 13.7 Å². The largest absolute Gasteiger partial charge is 0.491 e. The Hall–Kier alpha value is -0.410. The lowest BCUT2D eigenvalue weighted by Gasteiger charge is -2.10. The topological polar surface area (TPSA) is 18.5 Å². The average molecular weight is 266 g/mol. The lowest BCUT2D eigenvalue weighted by molar-refractivity contribution is 0.311. The van der Waals surface area contributed by atoms with Crippen molar-refractivity contribution in [3.05, 3.63) is 21.6 Å². The van der Waals surface area contributed by atoms with Crippen LogP contribution in [0.5, 0.6) is 11.5 Å². The van der Waals surface area contributed by atoms with Crippen LogP contribution in [-0.2, 0) is 0 Å². The van der Waals surface area contributed by atoms with Gasteiger partial charge >= 0.3 is 0 Å². The third-order valence-corrected chi connectivity index (χ3v) is 2.22. The van der Waals surface area contributed by atoms with Gasteiger partial charge in [0.15, 0.2) is 11.5 Å². The molecule has 13 heavy (non-hydrogen) atoms. The molecule has 0 atom stereocenters. The van der Waals surface area contributed by atoms with Crippen LogP contribution in [0, 0.1) is 0 Å². The minimum Gasteiger partial charge on any atom is -0.491 e. The molecular formula is C9H10BrClO2. The molecule has 0 radical (unpaired) electrons. The van der Waals surface area contributed by atoms with Crippen LogP contribution in [0.15, 0.2) is 16.6 Å². The molecule has 0 unspecified atom stereocenters. The molecule has 0 spiro atoms. The van der Waals surface area contributed by atoms with Crippen LogP contribution in [0.2, 0.25) is 5.02 Å². The summed E-state index contributed by atoms with van der Waals surface area (Å²) in [6.07, 6.45) is 0. The maximum Gasteiger partial charge on any atom is 0.179 e. The Kier molecular flexibility index (Phi) is 3.88. The first-order valence-electron chi connectivity index (χ1n) is 3.84. The van der Waals surface area contributed by atoms with Crippen LogP contribution in [0.25, 0.3) is 0 Å². The van der Waals surface area contributed by atoms with Crippen LogP contribution < -0.4 is 9.47 Å². The van der Waals surface area contributed by atoms with E-state index in [1.54, 1.807) is 13.2 Å². The van der Waals surface area contributed by atoms with Crippen molar-refractivity contribution in [2.24, 2.45) is 0 Å². The van der Waals surface area contributed by atoms with Gasteiger partial charge < -0.3 is 9.47 Å². The van der Waals surface area contributed by atoms with Gasteiger partial charge in [-0.1, -0.05) is 27.5 Å². The molecular weight excluding hydrogens is 255 g/mol. The minimum absolute atomic E-state index is 0.542. The van der Waals surface area contributed by atoms with E-state index in [0.29, 0.717) is 23.1 Å². The van der Waals surface area contributed by atoms with Gasteiger partial charge in [-0.25, -0.2) is 0 Å². The first-order chi connectivity index (χ1) is 6.19. The van der Waals surface area contributed by atoms with Gasteiger partial charge in [0.2, 0.25) is 0 Å². The van der Waals surface area contributed by atoms with E-state index in [4.69, 9.17) is 21.1 Å². The average Bonchev–Trinajstić information content (AvgIpc) is 2.04. The number of hydrogen-bond donors (Lipinski definition) is 0. The van der Waals surface area contributed by atoms with Gasteiger partial charge in [0, 0.05) is 4.47 Å². The van der Waals surface area contributed by atoms with E-state index in [2.05, 4.69) is 15.9 Å². The highest BCUT2D eigenvalue weighted by Gasteiger charge is 2.09. The molecule has 1 rings (SSSR count). The monoisotopic (exact) mass is 264 g/mol. The van der Waals surface area contributed by atoms with Crippen molar-refractivity contribution in [2.75, 3.05) is 13.7 Å². The number of rotatable bonds is 3. The predicted octanol–water partition coefficient (Wildman–Crippen LogP) is 3.51. The Morgan fingerprint density at radius 3 is 2.69 bits per heavy atom. The third kappa shape index (κ3) is 2.51. The summed E-state index contributed by atoms with van der Waals surface area (Å²) < 4.78 is 11.3. The van der Waals surface area contributed by atoms with Crippen LogP contribution in [0.3, 0.4) is 0 Å². The van der Waals surface area contributed by atoms with E-state index >= 15 is 0 Å². The van der Waals surface area contributed by atoms with Gasteiger partial charge in [-0.05, 0) is 19.1 Å². The second kappa shape index (κ2) is 4.72. The van der Waals surface area contributed by atoms with E-state index in [9.17, 15) is 0 Å². The predicted molar refractivity (Wildman–Crippen MR) is 56.9 cm³/mol. The molecule has 0 N–H and O–H groups in total. The van der Waals surface area contributed by atoms with Crippen molar-refractivity contribution >= 4 is 27.5 Å². The summed E-state index contributed by atoms with van der Waals surface area (Å²) in [6, 6.07) is 3.59. The van der Waals surface area contributed by atoms with E-state index in [-0.39, 0.29) is 0 Å². The number of hydrogen-bond acceptors (Lipinski definition) is 2. The molecule has 0 heterocycles. The summed E-state index contributed by atoms with van der Waals surface area (Å²) in [6.45, 7) is 2.50. The number of methoxy groups -OCH3 is 1. The highest BCUT2D eigenvalue weighted by Crippen LogP contribution is 2.37. The molecule has 0 aromatic heterocycles. The maximum absolute atomic E-state index is 5.94. The molecule has 4 heteroatoms. The molecule has 0 saturated heterocycles. The fourth-order valence-corrected chi connectivity index (χ4v) is 1.85. The molecule has 0 aliphatic rings. The van der Waals surface area contributed by atoms with Crippen LogP contribution in [0.1, 0.15) is 6.92 Å². The smallest absolute Gasteiger partial charge is 0.179 e. The number of halogens is 2. The lowest BCUT2D eigenvalue weighted by Crippen LogP contribution is -1.95. The quantitative estimate of drug-likeness (QED) is 0.833. The van der Waals surface area contributed by atoms with E-state index < -0.39 is 0 Å². The van der Waals surface area contributed by atoms with Crippen LogP contribution >= 0.6 is 27.5 Å². The number of ether oxygens (including phenoxy) is 2. The summed E-state index contributed by atoms with van der Waals surface area (Å²) in [7, 11) is 1.57. The summed E-state index contributed by atoms with van der Waals surface area (Å²) in [5.41, 5.74) is 0. The molecule has 1 aromatic rings. The molecule has 0 amide bonds. The zero-order chi connectivity index (χ0) is 9.84. The Balaban J connectivity index is 3.13. The summed E-state index contributed by atoms with van der Waals surface area (Å²) in [5, 5.41) is 0.542. The lowest BCUT2D eigenvalue weighted by atomic mass is 10.3. The van der Waals surface area contributed by atoms with Gasteiger partial charge in [-0.15, -0.1) is 0 Å². The third-order valence-electron chi connectivity index (χ3n) is 1.48. The zero-order valence-corrected chi connectivity index (χ0v) is 9.78. The van der Waals surface area contributed by atoms with Crippen molar-refractivity contribution in [1.82, 2.24) is 0 Å². The standard InChI is InChI=1S/C9H10BrClO2/c1-3-13-8-5-6(10)4-7(11)9(8)12-2/h4-5H,3H2,1-2H3. The Morgan fingerprint density at radius 1 is 1.46 bits per heavy atom. The first-order valence-corrected chi connectivity index (χ1v) is 5.02. The van der Waals surface area contributed by atoms with E-state index in [1.165, 1.54) is 0 Å². The molecule has 0 aliphatic heterocycles. The first kappa shape index (κ1) is 10.7. The van der Waals surface area contributed by atoms with Gasteiger partial charge in [0.05, 0.1) is 18.7 Å². The van der Waals surface area contributed by atoms with Gasteiger partial charge in [-0.2, -0.15) is 0 Å². The van der Waals surface area contributed by atoms with Crippen LogP contribution in [0.4, 0.5) is 0 Å². The minimum atomic E-state index is 0.542. The molecule has 0 fully saturated rings. The second-order valence-electron chi connectivity index (χ2n) is 2.35. The molecule has 72 valence electrons. The summed E-state index contributed by atoms with van der Waals surface area (Å²) in [5.74, 6) is 1.23. The van der Waals surface area contributed by atoms with Crippen molar-refractivity contribution in [3.8, 4) is 11.5 Å². The molecule has 0 saturated carbocycles. The fraction of sp³-hybridized carbons (Fsp3) is 0.333. The summed E-state index contributed by atoms with van der Waals surface area (Å²) in [4.78, 5) is 0. The van der Waals surface area contributed by atoms with Crippen molar-refractivity contribution in [3.63, 3.8) is 0 Å². The zero-order valence-electron chi connectivity index (χ0n) is 7.43. The fourth-order valence-electron chi connectivity index (χ4n) is 0.998. The Morgan fingerprint density at radius 2 is 2.15 bits per heavy atom. The van der Waals surface area contributed by atoms with Crippen molar-refractivity contribution in [1.29, 1.82) is 0 Å². The van der Waals surface area contributed by atoms with Gasteiger partial charge in [0.1, 0.15) is 0 Å². The van der Waals surface area contributed by atoms with Gasteiger partial charge in [0.25, 0.3) is 0 Å². The molecule has 1 aromatic carbocycles. The molecule has 0 bridgehead atoms. The normalized spacial score (nSPS) is 9.85. The second-order valence-corrected chi connectivity index (χ2v) is 3.67. The van der Waals surface area contributed by atoms with E-state index in [1.807, 2.05) is 13.0 Å². The molecule has 0 aliphatic carbocycles. The SMILES string of the molecule is CCOc1cc(Br)cc(Cl)c1OC. The Labute approximate surface area is 90.9 Å².